The zero-order valence-corrected chi connectivity index (χ0v) is 21.3. The van der Waals surface area contributed by atoms with Crippen LogP contribution in [-0.4, -0.2) is 52.0 Å². The second-order valence-corrected chi connectivity index (χ2v) is 18.5. The molecule has 0 saturated heterocycles. The maximum atomic E-state index is 12.5. The summed E-state index contributed by atoms with van der Waals surface area (Å²) >= 11 is 0. The van der Waals surface area contributed by atoms with E-state index in [1.54, 1.807) is 27.4 Å². The van der Waals surface area contributed by atoms with Crippen LogP contribution in [0.2, 0.25) is 25.7 Å². The predicted octanol–water partition coefficient (Wildman–Crippen LogP) is 4.82. The van der Waals surface area contributed by atoms with Crippen LogP contribution in [0.15, 0.2) is 11.6 Å². The fraction of sp³-hybridized carbons (Fsp3) is 0.591. The number of carbonyl (C=O) groups is 1. The molecule has 30 heavy (non-hydrogen) atoms. The SMILES string of the molecule is COc1c(C)c2c(c(OCC[Si](C)(C)C)c1C/C=C(\C)C(O)P(C)(C)=O)C(=O)OC2. The van der Waals surface area contributed by atoms with Gasteiger partial charge in [0.15, 0.2) is 0 Å². The first-order valence-electron chi connectivity index (χ1n) is 10.2. The van der Waals surface area contributed by atoms with E-state index in [1.165, 1.54) is 0 Å². The van der Waals surface area contributed by atoms with E-state index < -0.39 is 21.1 Å². The first kappa shape index (κ1) is 24.7. The molecule has 0 spiro atoms. The number of aliphatic hydroxyl groups is 1. The maximum Gasteiger partial charge on any atom is 0.342 e. The first-order chi connectivity index (χ1) is 13.8. The average molecular weight is 455 g/mol. The molecule has 0 saturated carbocycles. The van der Waals surface area contributed by atoms with Crippen LogP contribution < -0.4 is 9.47 Å². The van der Waals surface area contributed by atoms with Gasteiger partial charge in [-0.25, -0.2) is 4.79 Å². The van der Waals surface area contributed by atoms with Crippen LogP contribution in [0.4, 0.5) is 0 Å². The molecule has 0 radical (unpaired) electrons. The van der Waals surface area contributed by atoms with Crippen LogP contribution in [0.5, 0.6) is 11.5 Å². The fourth-order valence-electron chi connectivity index (χ4n) is 3.49. The number of methoxy groups -OCH3 is 1. The molecule has 2 rings (SSSR count). The number of ether oxygens (including phenoxy) is 3. The lowest BCUT2D eigenvalue weighted by atomic mass is 9.95. The van der Waals surface area contributed by atoms with Crippen molar-refractivity contribution in [3.63, 3.8) is 0 Å². The molecule has 6 nitrogen and oxygen atoms in total. The van der Waals surface area contributed by atoms with Gasteiger partial charge in [0.25, 0.3) is 0 Å². The molecule has 1 aromatic rings. The van der Waals surface area contributed by atoms with E-state index in [9.17, 15) is 14.5 Å². The Labute approximate surface area is 181 Å². The standard InChI is InChI=1S/C22H35O6PSi/c1-14(22(24)29(4,5)25)9-10-16-19(26-3)15(2)17-13-28-21(23)18(17)20(16)27-11-12-30(6,7)8/h9,22,24H,10-13H2,1-8H3/b14-9+. The summed E-state index contributed by atoms with van der Waals surface area (Å²) in [7, 11) is -2.41. The number of rotatable bonds is 9. The van der Waals surface area contributed by atoms with Gasteiger partial charge in [-0.2, -0.15) is 0 Å². The molecule has 8 heteroatoms. The lowest BCUT2D eigenvalue weighted by molar-refractivity contribution is 0.0532. The molecule has 1 heterocycles. The summed E-state index contributed by atoms with van der Waals surface area (Å²) in [4.78, 5) is 12.5. The van der Waals surface area contributed by atoms with Gasteiger partial charge >= 0.3 is 5.97 Å². The van der Waals surface area contributed by atoms with E-state index in [2.05, 4.69) is 19.6 Å². The summed E-state index contributed by atoms with van der Waals surface area (Å²) in [5, 5.41) is 10.3. The van der Waals surface area contributed by atoms with Crippen LogP contribution in [0, 0.1) is 6.92 Å². The molecule has 0 aliphatic carbocycles. The Balaban J connectivity index is 2.53. The van der Waals surface area contributed by atoms with Crippen molar-refractivity contribution in [3.8, 4) is 11.5 Å². The van der Waals surface area contributed by atoms with Crippen molar-refractivity contribution in [1.82, 2.24) is 0 Å². The van der Waals surface area contributed by atoms with E-state index in [4.69, 9.17) is 14.2 Å². The Bertz CT molecular complexity index is 894. The molecule has 1 aliphatic heterocycles. The summed E-state index contributed by atoms with van der Waals surface area (Å²) < 4.78 is 29.4. The molecule has 0 fully saturated rings. The number of esters is 1. The number of cyclic esters (lactones) is 1. The van der Waals surface area contributed by atoms with Crippen LogP contribution in [0.1, 0.15) is 34.0 Å². The molecular weight excluding hydrogens is 419 g/mol. The van der Waals surface area contributed by atoms with E-state index in [0.717, 1.165) is 22.7 Å². The normalized spacial score (nSPS) is 15.6. The summed E-state index contributed by atoms with van der Waals surface area (Å²) in [5.41, 5.74) is 3.50. The molecule has 0 amide bonds. The van der Waals surface area contributed by atoms with E-state index in [1.807, 2.05) is 13.0 Å². The summed E-state index contributed by atoms with van der Waals surface area (Å²) in [5.74, 6) is -0.222. The van der Waals surface area contributed by atoms with Crippen LogP contribution >= 0.6 is 7.14 Å². The van der Waals surface area contributed by atoms with Gasteiger partial charge in [-0.15, -0.1) is 0 Å². The van der Waals surface area contributed by atoms with Crippen molar-refractivity contribution in [2.45, 2.75) is 58.4 Å². The molecule has 0 aromatic heterocycles. The Kier molecular flexibility index (Phi) is 7.65. The van der Waals surface area contributed by atoms with Crippen LogP contribution in [0.3, 0.4) is 0 Å². The van der Waals surface area contributed by atoms with Gasteiger partial charge in [0, 0.05) is 19.2 Å². The number of hydrogen-bond donors (Lipinski definition) is 1. The predicted molar refractivity (Wildman–Crippen MR) is 123 cm³/mol. The number of aliphatic hydroxyl groups excluding tert-OH is 1. The lowest BCUT2D eigenvalue weighted by Crippen LogP contribution is -2.23. The van der Waals surface area contributed by atoms with Crippen molar-refractivity contribution in [3.05, 3.63) is 33.9 Å². The van der Waals surface area contributed by atoms with Gasteiger partial charge in [0.05, 0.1) is 13.7 Å². The molecule has 0 bridgehead atoms. The van der Waals surface area contributed by atoms with Gasteiger partial charge in [-0.1, -0.05) is 25.7 Å². The number of hydrogen-bond acceptors (Lipinski definition) is 6. The fourth-order valence-corrected chi connectivity index (χ4v) is 5.29. The molecular formula is C22H35O6PSi. The summed E-state index contributed by atoms with van der Waals surface area (Å²) in [6, 6.07) is 0.953. The number of fused-ring (bicyclic) bond motifs is 1. The van der Waals surface area contributed by atoms with Crippen molar-refractivity contribution >= 4 is 21.2 Å². The third-order valence-electron chi connectivity index (χ3n) is 5.35. The summed E-state index contributed by atoms with van der Waals surface area (Å²) in [6.45, 7) is 14.3. The third-order valence-corrected chi connectivity index (χ3v) is 8.64. The Morgan fingerprint density at radius 1 is 1.30 bits per heavy atom. The number of allylic oxidation sites excluding steroid dienone is 1. The van der Waals surface area contributed by atoms with Gasteiger partial charge in [0.1, 0.15) is 36.7 Å². The number of benzene rings is 1. The highest BCUT2D eigenvalue weighted by Crippen LogP contribution is 2.45. The zero-order chi connectivity index (χ0) is 22.9. The van der Waals surface area contributed by atoms with Crippen LogP contribution in [0.25, 0.3) is 0 Å². The van der Waals surface area contributed by atoms with Crippen molar-refractivity contribution in [2.75, 3.05) is 27.0 Å². The quantitative estimate of drug-likeness (QED) is 0.249. The lowest BCUT2D eigenvalue weighted by Gasteiger charge is -2.22. The largest absolute Gasteiger partial charge is 0.496 e. The Morgan fingerprint density at radius 2 is 1.93 bits per heavy atom. The topological polar surface area (TPSA) is 82.1 Å². The van der Waals surface area contributed by atoms with Crippen LogP contribution in [-0.2, 0) is 22.3 Å². The highest BCUT2D eigenvalue weighted by atomic mass is 31.2. The monoisotopic (exact) mass is 454 g/mol. The Morgan fingerprint density at radius 3 is 2.47 bits per heavy atom. The highest BCUT2D eigenvalue weighted by Gasteiger charge is 2.33. The van der Waals surface area contributed by atoms with Gasteiger partial charge in [-0.3, -0.25) is 0 Å². The van der Waals surface area contributed by atoms with Gasteiger partial charge in [-0.05, 0) is 50.8 Å². The van der Waals surface area contributed by atoms with Gasteiger partial charge in [0.2, 0.25) is 0 Å². The summed E-state index contributed by atoms with van der Waals surface area (Å²) in [6.07, 6.45) is 2.22. The average Bonchev–Trinajstić information content (AvgIpc) is 3.01. The second kappa shape index (κ2) is 9.29. The smallest absolute Gasteiger partial charge is 0.342 e. The second-order valence-electron chi connectivity index (χ2n) is 9.51. The Hall–Kier alpha value is -1.56. The first-order valence-corrected chi connectivity index (χ1v) is 16.6. The number of carbonyl (C=O) groups excluding carboxylic acids is 1. The third kappa shape index (κ3) is 5.57. The minimum absolute atomic E-state index is 0.212. The van der Waals surface area contributed by atoms with Crippen molar-refractivity contribution in [2.24, 2.45) is 0 Å². The van der Waals surface area contributed by atoms with Crippen molar-refractivity contribution in [1.29, 1.82) is 0 Å². The minimum atomic E-state index is -2.68. The van der Waals surface area contributed by atoms with E-state index >= 15 is 0 Å². The van der Waals surface area contributed by atoms with E-state index in [-0.39, 0.29) is 12.6 Å². The highest BCUT2D eigenvalue weighted by molar-refractivity contribution is 7.63. The van der Waals surface area contributed by atoms with E-state index in [0.29, 0.717) is 35.7 Å². The van der Waals surface area contributed by atoms with Crippen molar-refractivity contribution < 1.29 is 28.7 Å². The molecule has 1 N–H and O–H groups in total. The van der Waals surface area contributed by atoms with Gasteiger partial charge < -0.3 is 23.9 Å². The minimum Gasteiger partial charge on any atom is -0.496 e. The molecule has 1 unspecified atom stereocenters. The molecule has 1 aliphatic rings. The zero-order valence-electron chi connectivity index (χ0n) is 19.4. The molecule has 168 valence electrons. The molecule has 1 atom stereocenters. The molecule has 1 aromatic carbocycles. The maximum absolute atomic E-state index is 12.5.